The van der Waals surface area contributed by atoms with Gasteiger partial charge in [-0.05, 0) is 48.5 Å². The summed E-state index contributed by atoms with van der Waals surface area (Å²) in [5, 5.41) is 3.53. The smallest absolute Gasteiger partial charge is 0.378 e. The Bertz CT molecular complexity index is 1420. The van der Waals surface area contributed by atoms with Gasteiger partial charge in [-0.2, -0.15) is 39.9 Å². The fourth-order valence-corrected chi connectivity index (χ4v) is 3.97. The molecule has 6 nitrogen and oxygen atoms in total. The predicted octanol–water partition coefficient (Wildman–Crippen LogP) is 5.32. The molecule has 37 heavy (non-hydrogen) atoms. The van der Waals surface area contributed by atoms with Gasteiger partial charge in [-0.3, -0.25) is 4.79 Å². The quantitative estimate of drug-likeness (QED) is 0.187. The van der Waals surface area contributed by atoms with Gasteiger partial charge in [-0.15, -0.1) is 0 Å². The molecule has 0 aromatic heterocycles. The molecule has 0 saturated heterocycles. The van der Waals surface area contributed by atoms with Crippen LogP contribution in [0.25, 0.3) is 0 Å². The summed E-state index contributed by atoms with van der Waals surface area (Å²) >= 11 is 0. The number of amides is 1. The van der Waals surface area contributed by atoms with Crippen molar-refractivity contribution in [2.75, 3.05) is 0 Å². The second-order valence-electron chi connectivity index (χ2n) is 7.33. The normalized spacial score (nSPS) is 12.5. The second kappa shape index (κ2) is 10.6. The third-order valence-corrected chi connectivity index (χ3v) is 5.99. The highest BCUT2D eigenvalue weighted by atomic mass is 32.2. The van der Waals surface area contributed by atoms with Gasteiger partial charge >= 0.3 is 22.5 Å². The minimum Gasteiger partial charge on any atom is -0.378 e. The molecule has 0 fully saturated rings. The monoisotopic (exact) mass is 548 g/mol. The van der Waals surface area contributed by atoms with Gasteiger partial charge in [0.25, 0.3) is 0 Å². The number of carbonyl (C=O) groups excluding carboxylic acids is 1. The molecule has 0 aliphatic carbocycles. The zero-order chi connectivity index (χ0) is 27.4. The molecule has 3 aromatic rings. The Kier molecular flexibility index (Phi) is 7.91. The van der Waals surface area contributed by atoms with Gasteiger partial charge in [0.15, 0.2) is 5.75 Å². The highest BCUT2D eigenvalue weighted by Gasteiger charge is 2.35. The first kappa shape index (κ1) is 27.6. The van der Waals surface area contributed by atoms with Gasteiger partial charge in [-0.1, -0.05) is 18.2 Å². The maximum atomic E-state index is 13.9. The van der Waals surface area contributed by atoms with Crippen molar-refractivity contribution in [3.8, 4) is 5.75 Å². The Morgan fingerprint density at radius 1 is 0.892 bits per heavy atom. The molecule has 0 bridgehead atoms. The van der Waals surface area contributed by atoms with E-state index in [4.69, 9.17) is 4.18 Å². The van der Waals surface area contributed by atoms with Crippen LogP contribution in [0.2, 0.25) is 0 Å². The van der Waals surface area contributed by atoms with Gasteiger partial charge in [-0.25, -0.2) is 9.82 Å². The summed E-state index contributed by atoms with van der Waals surface area (Å²) in [5.41, 5.74) is -1.36. The van der Waals surface area contributed by atoms with Gasteiger partial charge in [0.1, 0.15) is 10.7 Å². The third kappa shape index (κ3) is 7.06. The van der Waals surface area contributed by atoms with E-state index in [0.717, 1.165) is 18.3 Å². The molecular formula is C23H15F7N2O4S. The molecule has 0 atom stereocenters. The topological polar surface area (TPSA) is 84.8 Å². The number of hydrogen-bond acceptors (Lipinski definition) is 5. The third-order valence-electron chi connectivity index (χ3n) is 4.74. The molecule has 0 saturated carbocycles. The SMILES string of the molecule is O=C(Cc1c(F)cccc1C(F)(F)F)N/N=C/c1ccccc1OS(=O)(=O)c1ccc(C(F)(F)F)cc1. The van der Waals surface area contributed by atoms with Gasteiger partial charge < -0.3 is 4.18 Å². The van der Waals surface area contributed by atoms with Crippen LogP contribution in [-0.2, 0) is 33.7 Å². The minimum absolute atomic E-state index is 0.0137. The number of hydrazone groups is 1. The van der Waals surface area contributed by atoms with Crippen LogP contribution in [0.3, 0.4) is 0 Å². The van der Waals surface area contributed by atoms with E-state index in [-0.39, 0.29) is 11.3 Å². The Hall–Kier alpha value is -3.94. The van der Waals surface area contributed by atoms with Gasteiger partial charge in [0, 0.05) is 11.1 Å². The van der Waals surface area contributed by atoms with Crippen LogP contribution < -0.4 is 9.61 Å². The Labute approximate surface area is 205 Å². The summed E-state index contributed by atoms with van der Waals surface area (Å²) < 4.78 is 121. The zero-order valence-electron chi connectivity index (χ0n) is 18.3. The summed E-state index contributed by atoms with van der Waals surface area (Å²) in [5.74, 6) is -2.64. The minimum atomic E-state index is -4.89. The molecule has 1 N–H and O–H groups in total. The highest BCUT2D eigenvalue weighted by Crippen LogP contribution is 2.33. The standard InChI is InChI=1S/C23H15F7N2O4S/c24-19-6-3-5-18(23(28,29)30)17(19)12-21(33)32-31-13-14-4-1-2-7-20(14)36-37(34,35)16-10-8-15(9-11-16)22(25,26)27/h1-11,13H,12H2,(H,32,33)/b31-13+. The molecule has 0 aliphatic heterocycles. The molecule has 0 spiro atoms. The van der Waals surface area contributed by atoms with Crippen molar-refractivity contribution < 1.29 is 48.1 Å². The van der Waals surface area contributed by atoms with Gasteiger partial charge in [0.05, 0.1) is 23.8 Å². The van der Waals surface area contributed by atoms with Crippen LogP contribution in [0.5, 0.6) is 5.75 Å². The van der Waals surface area contributed by atoms with E-state index < -0.39 is 62.2 Å². The van der Waals surface area contributed by atoms with Crippen LogP contribution in [-0.4, -0.2) is 20.5 Å². The lowest BCUT2D eigenvalue weighted by molar-refractivity contribution is -0.139. The zero-order valence-corrected chi connectivity index (χ0v) is 19.1. The fourth-order valence-electron chi connectivity index (χ4n) is 3.02. The van der Waals surface area contributed by atoms with Crippen molar-refractivity contribution in [3.63, 3.8) is 0 Å². The van der Waals surface area contributed by atoms with E-state index in [1.807, 2.05) is 5.43 Å². The largest absolute Gasteiger partial charge is 0.416 e. The first-order valence-corrected chi connectivity index (χ1v) is 11.5. The number of hydrogen-bond donors (Lipinski definition) is 1. The Morgan fingerprint density at radius 3 is 2.16 bits per heavy atom. The number of halogens is 7. The number of carbonyl (C=O) groups is 1. The van der Waals surface area contributed by atoms with Gasteiger partial charge in [0.2, 0.25) is 5.91 Å². The highest BCUT2D eigenvalue weighted by molar-refractivity contribution is 7.87. The molecule has 0 heterocycles. The average molecular weight is 548 g/mol. The number of alkyl halides is 6. The first-order chi connectivity index (χ1) is 17.2. The van der Waals surface area contributed by atoms with E-state index in [1.54, 1.807) is 0 Å². The Balaban J connectivity index is 1.74. The summed E-state index contributed by atoms with van der Waals surface area (Å²) in [7, 11) is -4.57. The molecule has 3 rings (SSSR count). The van der Waals surface area contributed by atoms with Crippen LogP contribution in [0, 0.1) is 5.82 Å². The van der Waals surface area contributed by atoms with E-state index in [9.17, 15) is 43.9 Å². The number of rotatable bonds is 7. The van der Waals surface area contributed by atoms with Crippen LogP contribution in [0.4, 0.5) is 30.7 Å². The van der Waals surface area contributed by atoms with E-state index in [2.05, 4.69) is 5.10 Å². The molecule has 1 amide bonds. The average Bonchev–Trinajstić information content (AvgIpc) is 2.80. The van der Waals surface area contributed by atoms with Crippen molar-refractivity contribution >= 4 is 22.2 Å². The van der Waals surface area contributed by atoms with E-state index in [1.165, 1.54) is 24.3 Å². The fraction of sp³-hybridized carbons (Fsp3) is 0.130. The number of benzene rings is 3. The van der Waals surface area contributed by atoms with Crippen molar-refractivity contribution in [1.29, 1.82) is 0 Å². The lowest BCUT2D eigenvalue weighted by Crippen LogP contribution is -2.23. The van der Waals surface area contributed by atoms with Crippen LogP contribution in [0.15, 0.2) is 76.7 Å². The summed E-state index contributed by atoms with van der Waals surface area (Å²) in [6.45, 7) is 0. The number of nitrogens with zero attached hydrogens (tertiary/aromatic N) is 1. The lowest BCUT2D eigenvalue weighted by atomic mass is 10.0. The van der Waals surface area contributed by atoms with Crippen molar-refractivity contribution in [2.24, 2.45) is 5.10 Å². The van der Waals surface area contributed by atoms with Crippen molar-refractivity contribution in [1.82, 2.24) is 5.43 Å². The molecule has 0 radical (unpaired) electrons. The predicted molar refractivity (Wildman–Crippen MR) is 117 cm³/mol. The molecular weight excluding hydrogens is 533 g/mol. The molecule has 3 aromatic carbocycles. The van der Waals surface area contributed by atoms with Crippen molar-refractivity contribution in [3.05, 3.63) is 94.8 Å². The molecule has 0 unspecified atom stereocenters. The van der Waals surface area contributed by atoms with Crippen LogP contribution >= 0.6 is 0 Å². The van der Waals surface area contributed by atoms with Crippen LogP contribution in [0.1, 0.15) is 22.3 Å². The maximum Gasteiger partial charge on any atom is 0.416 e. The Morgan fingerprint density at radius 2 is 1.54 bits per heavy atom. The summed E-state index contributed by atoms with van der Waals surface area (Å²) in [6, 6.07) is 10.1. The maximum absolute atomic E-state index is 13.9. The number of nitrogens with one attached hydrogen (secondary N) is 1. The summed E-state index contributed by atoms with van der Waals surface area (Å²) in [4.78, 5) is 11.5. The lowest BCUT2D eigenvalue weighted by Gasteiger charge is -2.13. The van der Waals surface area contributed by atoms with Crippen molar-refractivity contribution in [2.45, 2.75) is 23.7 Å². The van der Waals surface area contributed by atoms with E-state index in [0.29, 0.717) is 30.3 Å². The molecule has 0 aliphatic rings. The van der Waals surface area contributed by atoms with E-state index >= 15 is 0 Å². The molecule has 196 valence electrons. The molecule has 14 heteroatoms. The first-order valence-electron chi connectivity index (χ1n) is 10.1. The number of para-hydroxylation sites is 1. The summed E-state index contributed by atoms with van der Waals surface area (Å²) in [6.07, 6.45) is -9.63. The second-order valence-corrected chi connectivity index (χ2v) is 8.88.